The molecule has 2 N–H and O–H groups in total. The first-order valence-electron chi connectivity index (χ1n) is 8.94. The molecule has 0 saturated heterocycles. The highest BCUT2D eigenvalue weighted by Gasteiger charge is 2.49. The van der Waals surface area contributed by atoms with Crippen LogP contribution in [-0.2, 0) is 0 Å². The zero-order valence-electron chi connectivity index (χ0n) is 13.7. The Kier molecular flexibility index (Phi) is 4.22. The molecule has 0 bridgehead atoms. The highest BCUT2D eigenvalue weighted by atomic mass is 16.3. The molecule has 6 atom stereocenters. The lowest BCUT2D eigenvalue weighted by Gasteiger charge is -2.53. The van der Waals surface area contributed by atoms with E-state index >= 15 is 0 Å². The first-order valence-corrected chi connectivity index (χ1v) is 8.94. The zero-order chi connectivity index (χ0) is 15.1. The lowest BCUT2D eigenvalue weighted by molar-refractivity contribution is -0.0556. The van der Waals surface area contributed by atoms with Crippen LogP contribution in [0.4, 0.5) is 0 Å². The van der Waals surface area contributed by atoms with Gasteiger partial charge < -0.3 is 10.2 Å². The molecule has 0 aromatic carbocycles. The molecule has 3 aliphatic carbocycles. The van der Waals surface area contributed by atoms with Gasteiger partial charge in [0.05, 0.1) is 6.10 Å². The lowest BCUT2D eigenvalue weighted by atomic mass is 9.53. The van der Waals surface area contributed by atoms with Crippen LogP contribution in [0.3, 0.4) is 0 Å². The molecular weight excluding hydrogens is 260 g/mol. The number of aliphatic hydroxyl groups is 2. The topological polar surface area (TPSA) is 40.5 Å². The summed E-state index contributed by atoms with van der Waals surface area (Å²) in [5, 5.41) is 19.5. The van der Waals surface area contributed by atoms with Gasteiger partial charge in [-0.1, -0.05) is 26.0 Å². The third-order valence-corrected chi connectivity index (χ3v) is 7.37. The summed E-state index contributed by atoms with van der Waals surface area (Å²) in [5.41, 5.74) is 0.777. The van der Waals surface area contributed by atoms with Gasteiger partial charge in [0, 0.05) is 6.61 Å². The van der Waals surface area contributed by atoms with Gasteiger partial charge in [-0.05, 0) is 80.0 Å². The van der Waals surface area contributed by atoms with E-state index in [0.29, 0.717) is 16.7 Å². The van der Waals surface area contributed by atoms with Crippen LogP contribution in [0.1, 0.15) is 65.2 Å². The minimum atomic E-state index is -0.142. The summed E-state index contributed by atoms with van der Waals surface area (Å²) in [4.78, 5) is 0. The van der Waals surface area contributed by atoms with Crippen LogP contribution < -0.4 is 0 Å². The largest absolute Gasteiger partial charge is 0.396 e. The van der Waals surface area contributed by atoms with Gasteiger partial charge in [0.25, 0.3) is 0 Å². The van der Waals surface area contributed by atoms with E-state index in [1.165, 1.54) is 25.7 Å². The number of allylic oxidation sites excluding steroid dienone is 2. The molecule has 0 heterocycles. The van der Waals surface area contributed by atoms with Crippen LogP contribution in [0.25, 0.3) is 0 Å². The molecule has 0 radical (unpaired) electrons. The molecule has 0 aromatic heterocycles. The van der Waals surface area contributed by atoms with Crippen molar-refractivity contribution >= 4 is 0 Å². The molecule has 2 heteroatoms. The van der Waals surface area contributed by atoms with E-state index in [2.05, 4.69) is 26.0 Å². The standard InChI is InChI=1S/C19H32O2/c1-18-8-3-4-14(18)12-15(5-9-18)19(2)10-6-17(21)13-16(19)7-11-20/h3,8,14-17,20-21H,4-7,9-13H2,1-2H3/t14?,15?,16-,17-,18-,19+/m0/s1. The Bertz CT molecular complexity index is 404. The van der Waals surface area contributed by atoms with E-state index in [1.807, 2.05) is 0 Å². The maximum atomic E-state index is 10.0. The van der Waals surface area contributed by atoms with E-state index in [9.17, 15) is 10.2 Å². The molecular formula is C19H32O2. The summed E-state index contributed by atoms with van der Waals surface area (Å²) >= 11 is 0. The van der Waals surface area contributed by atoms with Gasteiger partial charge in [0.15, 0.2) is 0 Å². The fraction of sp³-hybridized carbons (Fsp3) is 0.895. The number of hydrogen-bond acceptors (Lipinski definition) is 2. The molecule has 2 fully saturated rings. The van der Waals surface area contributed by atoms with Crippen molar-refractivity contribution in [3.8, 4) is 0 Å². The maximum Gasteiger partial charge on any atom is 0.0543 e. The van der Waals surface area contributed by atoms with Gasteiger partial charge >= 0.3 is 0 Å². The monoisotopic (exact) mass is 292 g/mol. The van der Waals surface area contributed by atoms with Crippen molar-refractivity contribution in [2.24, 2.45) is 28.6 Å². The van der Waals surface area contributed by atoms with Crippen LogP contribution in [0.15, 0.2) is 12.2 Å². The molecule has 21 heavy (non-hydrogen) atoms. The Hall–Kier alpha value is -0.340. The molecule has 0 amide bonds. The van der Waals surface area contributed by atoms with Gasteiger partial charge in [-0.25, -0.2) is 0 Å². The number of rotatable bonds is 3. The Morgan fingerprint density at radius 3 is 2.67 bits per heavy atom. The molecule has 0 spiro atoms. The summed E-state index contributed by atoms with van der Waals surface area (Å²) in [5.74, 6) is 2.10. The van der Waals surface area contributed by atoms with E-state index < -0.39 is 0 Å². The molecule has 2 saturated carbocycles. The van der Waals surface area contributed by atoms with E-state index in [-0.39, 0.29) is 12.7 Å². The first-order chi connectivity index (χ1) is 9.98. The van der Waals surface area contributed by atoms with Crippen LogP contribution in [0.5, 0.6) is 0 Å². The van der Waals surface area contributed by atoms with Crippen LogP contribution in [-0.4, -0.2) is 22.9 Å². The van der Waals surface area contributed by atoms with Crippen molar-refractivity contribution in [2.45, 2.75) is 71.3 Å². The van der Waals surface area contributed by atoms with Crippen molar-refractivity contribution in [3.05, 3.63) is 12.2 Å². The van der Waals surface area contributed by atoms with E-state index in [4.69, 9.17) is 0 Å². The predicted molar refractivity (Wildman–Crippen MR) is 85.9 cm³/mol. The summed E-state index contributed by atoms with van der Waals surface area (Å²) < 4.78 is 0. The first kappa shape index (κ1) is 15.6. The minimum absolute atomic E-state index is 0.142. The minimum Gasteiger partial charge on any atom is -0.396 e. The maximum absolute atomic E-state index is 10.0. The molecule has 0 aromatic rings. The zero-order valence-corrected chi connectivity index (χ0v) is 13.7. The fourth-order valence-electron chi connectivity index (χ4n) is 5.64. The number of hydrogen-bond donors (Lipinski definition) is 2. The highest BCUT2D eigenvalue weighted by molar-refractivity contribution is 5.12. The molecule has 3 rings (SSSR count). The van der Waals surface area contributed by atoms with Crippen molar-refractivity contribution in [1.82, 2.24) is 0 Å². The quantitative estimate of drug-likeness (QED) is 0.774. The SMILES string of the molecule is C[C@@]12C=CCC1CC([C@@]1(C)CC[C@H](O)C[C@@H]1CCO)CC2. The third-order valence-electron chi connectivity index (χ3n) is 7.37. The summed E-state index contributed by atoms with van der Waals surface area (Å²) in [6, 6.07) is 0. The molecule has 0 aliphatic heterocycles. The predicted octanol–water partition coefficient (Wildman–Crippen LogP) is 3.92. The van der Waals surface area contributed by atoms with Gasteiger partial charge in [-0.3, -0.25) is 0 Å². The van der Waals surface area contributed by atoms with Gasteiger partial charge in [-0.15, -0.1) is 0 Å². The summed E-state index contributed by atoms with van der Waals surface area (Å²) in [6.45, 7) is 5.16. The number of aliphatic hydroxyl groups excluding tert-OH is 2. The Morgan fingerprint density at radius 2 is 1.90 bits per heavy atom. The van der Waals surface area contributed by atoms with Crippen molar-refractivity contribution in [1.29, 1.82) is 0 Å². The van der Waals surface area contributed by atoms with Crippen molar-refractivity contribution in [3.63, 3.8) is 0 Å². The Morgan fingerprint density at radius 1 is 1.10 bits per heavy atom. The Balaban J connectivity index is 1.75. The smallest absolute Gasteiger partial charge is 0.0543 e. The average molecular weight is 292 g/mol. The molecule has 2 unspecified atom stereocenters. The Labute approximate surface area is 129 Å². The van der Waals surface area contributed by atoms with E-state index in [1.54, 1.807) is 0 Å². The van der Waals surface area contributed by atoms with E-state index in [0.717, 1.165) is 37.5 Å². The van der Waals surface area contributed by atoms with Gasteiger partial charge in [0.1, 0.15) is 0 Å². The van der Waals surface area contributed by atoms with Crippen LogP contribution in [0, 0.1) is 28.6 Å². The summed E-state index contributed by atoms with van der Waals surface area (Å²) in [7, 11) is 0. The van der Waals surface area contributed by atoms with Crippen LogP contribution >= 0.6 is 0 Å². The second-order valence-electron chi connectivity index (χ2n) is 8.46. The fourth-order valence-corrected chi connectivity index (χ4v) is 5.64. The highest BCUT2D eigenvalue weighted by Crippen LogP contribution is 2.58. The third kappa shape index (κ3) is 2.70. The second kappa shape index (κ2) is 5.70. The number of fused-ring (bicyclic) bond motifs is 1. The lowest BCUT2D eigenvalue weighted by Crippen LogP contribution is -2.45. The van der Waals surface area contributed by atoms with Crippen molar-refractivity contribution < 1.29 is 10.2 Å². The summed E-state index contributed by atoms with van der Waals surface area (Å²) in [6.07, 6.45) is 13.8. The average Bonchev–Trinajstić information content (AvgIpc) is 2.84. The van der Waals surface area contributed by atoms with Gasteiger partial charge in [0.2, 0.25) is 0 Å². The van der Waals surface area contributed by atoms with Gasteiger partial charge in [-0.2, -0.15) is 0 Å². The normalized spacial score (nSPS) is 50.1. The molecule has 3 aliphatic rings. The van der Waals surface area contributed by atoms with Crippen molar-refractivity contribution in [2.75, 3.05) is 6.61 Å². The second-order valence-corrected chi connectivity index (χ2v) is 8.46. The van der Waals surface area contributed by atoms with Crippen LogP contribution in [0.2, 0.25) is 0 Å². The molecule has 2 nitrogen and oxygen atoms in total. The molecule has 120 valence electrons.